The number of nitrogens with zero attached hydrogens (tertiary/aromatic N) is 1. The summed E-state index contributed by atoms with van der Waals surface area (Å²) in [5.41, 5.74) is 1.57. The molecule has 0 aliphatic rings. The van der Waals surface area contributed by atoms with Crippen LogP contribution in [0.2, 0.25) is 0 Å². The van der Waals surface area contributed by atoms with E-state index in [4.69, 9.17) is 0 Å². The summed E-state index contributed by atoms with van der Waals surface area (Å²) in [6.45, 7) is 0. The number of benzene rings is 2. The highest BCUT2D eigenvalue weighted by atomic mass is 19.1. The molecule has 0 radical (unpaired) electrons. The third-order valence-electron chi connectivity index (χ3n) is 3.93. The van der Waals surface area contributed by atoms with Gasteiger partial charge in [0.25, 0.3) is 11.8 Å². The molecule has 0 aliphatic carbocycles. The van der Waals surface area contributed by atoms with Gasteiger partial charge in [-0.2, -0.15) is 0 Å². The number of pyridine rings is 1. The van der Waals surface area contributed by atoms with Gasteiger partial charge in [0.15, 0.2) is 0 Å². The van der Waals surface area contributed by atoms with Gasteiger partial charge in [0, 0.05) is 23.8 Å². The molecule has 3 aromatic rings. The molecule has 2 N–H and O–H groups in total. The minimum atomic E-state index is -0.485. The number of carbonyl (C=O) groups excluding carboxylic acids is 3. The largest absolute Gasteiger partial charge is 0.465 e. The first kappa shape index (κ1) is 19.7. The van der Waals surface area contributed by atoms with Gasteiger partial charge in [-0.3, -0.25) is 14.6 Å². The van der Waals surface area contributed by atoms with Crippen molar-refractivity contribution in [3.63, 3.8) is 0 Å². The van der Waals surface area contributed by atoms with E-state index < -0.39 is 23.6 Å². The summed E-state index contributed by atoms with van der Waals surface area (Å²) in [6, 6.07) is 12.9. The SMILES string of the molecule is COC(=O)c1ccc(NC(=O)c2cncc(C(=O)Nc3ccc(F)cc3)c2)cc1. The molecule has 2 amide bonds. The topological polar surface area (TPSA) is 97.4 Å². The average molecular weight is 393 g/mol. The molecule has 0 saturated heterocycles. The first-order valence-corrected chi connectivity index (χ1v) is 8.48. The number of ether oxygens (including phenoxy) is 1. The van der Waals surface area contributed by atoms with Crippen molar-refractivity contribution in [2.24, 2.45) is 0 Å². The maximum absolute atomic E-state index is 13.0. The van der Waals surface area contributed by atoms with E-state index in [0.717, 1.165) is 0 Å². The smallest absolute Gasteiger partial charge is 0.337 e. The van der Waals surface area contributed by atoms with Crippen molar-refractivity contribution in [3.8, 4) is 0 Å². The number of halogens is 1. The van der Waals surface area contributed by atoms with Crippen LogP contribution >= 0.6 is 0 Å². The van der Waals surface area contributed by atoms with Gasteiger partial charge >= 0.3 is 5.97 Å². The van der Waals surface area contributed by atoms with E-state index in [1.807, 2.05) is 0 Å². The van der Waals surface area contributed by atoms with E-state index in [-0.39, 0.29) is 11.1 Å². The van der Waals surface area contributed by atoms with Gasteiger partial charge in [0.05, 0.1) is 23.8 Å². The second-order valence-electron chi connectivity index (χ2n) is 5.95. The van der Waals surface area contributed by atoms with Crippen molar-refractivity contribution >= 4 is 29.2 Å². The molecular formula is C21H16FN3O4. The normalized spacial score (nSPS) is 10.1. The zero-order valence-corrected chi connectivity index (χ0v) is 15.3. The number of esters is 1. The Hall–Kier alpha value is -4.07. The third kappa shape index (κ3) is 5.01. The predicted molar refractivity (Wildman–Crippen MR) is 104 cm³/mol. The Labute approximate surface area is 165 Å². The molecule has 0 aliphatic heterocycles. The van der Waals surface area contributed by atoms with Gasteiger partial charge in [0.1, 0.15) is 5.82 Å². The molecule has 0 bridgehead atoms. The standard InChI is InChI=1S/C21H16FN3O4/c1-29-21(28)13-2-6-17(7-3-13)24-19(26)14-10-15(12-23-11-14)20(27)25-18-8-4-16(22)5-9-18/h2-12H,1H3,(H,24,26)(H,25,27). The van der Waals surface area contributed by atoms with E-state index in [9.17, 15) is 18.8 Å². The number of nitrogens with one attached hydrogen (secondary N) is 2. The molecular weight excluding hydrogens is 377 g/mol. The lowest BCUT2D eigenvalue weighted by Gasteiger charge is -2.08. The Morgan fingerprint density at radius 1 is 0.793 bits per heavy atom. The van der Waals surface area contributed by atoms with Gasteiger partial charge in [-0.05, 0) is 54.6 Å². The van der Waals surface area contributed by atoms with Crippen LogP contribution in [0.5, 0.6) is 0 Å². The Morgan fingerprint density at radius 3 is 1.76 bits per heavy atom. The molecule has 0 spiro atoms. The molecule has 0 saturated carbocycles. The Bertz CT molecular complexity index is 1050. The lowest BCUT2D eigenvalue weighted by atomic mass is 10.1. The van der Waals surface area contributed by atoms with Crippen molar-refractivity contribution in [2.45, 2.75) is 0 Å². The Kier molecular flexibility index (Phi) is 5.94. The molecule has 0 unspecified atom stereocenters. The van der Waals surface area contributed by atoms with E-state index in [0.29, 0.717) is 16.9 Å². The van der Waals surface area contributed by atoms with Crippen LogP contribution in [0.4, 0.5) is 15.8 Å². The van der Waals surface area contributed by atoms with Crippen LogP contribution in [0.25, 0.3) is 0 Å². The van der Waals surface area contributed by atoms with Crippen LogP contribution in [0, 0.1) is 5.82 Å². The monoisotopic (exact) mass is 393 g/mol. The molecule has 2 aromatic carbocycles. The average Bonchev–Trinajstić information content (AvgIpc) is 2.75. The minimum absolute atomic E-state index is 0.169. The van der Waals surface area contributed by atoms with Gasteiger partial charge in [-0.1, -0.05) is 0 Å². The van der Waals surface area contributed by atoms with Gasteiger partial charge in [-0.15, -0.1) is 0 Å². The molecule has 3 rings (SSSR count). The van der Waals surface area contributed by atoms with Crippen LogP contribution in [-0.4, -0.2) is 29.9 Å². The van der Waals surface area contributed by atoms with Gasteiger partial charge < -0.3 is 15.4 Å². The zero-order chi connectivity index (χ0) is 20.8. The highest BCUT2D eigenvalue weighted by molar-refractivity contribution is 6.08. The van der Waals surface area contributed by atoms with Crippen molar-refractivity contribution in [3.05, 3.63) is 89.5 Å². The number of methoxy groups -OCH3 is 1. The first-order chi connectivity index (χ1) is 14.0. The second kappa shape index (κ2) is 8.75. The third-order valence-corrected chi connectivity index (χ3v) is 3.93. The quantitative estimate of drug-likeness (QED) is 0.647. The molecule has 8 heteroatoms. The maximum atomic E-state index is 13.0. The summed E-state index contributed by atoms with van der Waals surface area (Å²) in [5.74, 6) is -1.85. The van der Waals surface area contributed by atoms with Crippen LogP contribution < -0.4 is 10.6 Å². The number of amides is 2. The van der Waals surface area contributed by atoms with Crippen LogP contribution in [0.15, 0.2) is 67.0 Å². The number of anilines is 2. The summed E-state index contributed by atoms with van der Waals surface area (Å²) in [4.78, 5) is 40.2. The fraction of sp³-hybridized carbons (Fsp3) is 0.0476. The molecule has 0 fully saturated rings. The Balaban J connectivity index is 1.69. The number of hydrogen-bond donors (Lipinski definition) is 2. The fourth-order valence-electron chi connectivity index (χ4n) is 2.44. The molecule has 29 heavy (non-hydrogen) atoms. The van der Waals surface area contributed by atoms with Crippen LogP contribution in [-0.2, 0) is 4.74 Å². The molecule has 0 atom stereocenters. The number of aromatic nitrogens is 1. The number of hydrogen-bond acceptors (Lipinski definition) is 5. The summed E-state index contributed by atoms with van der Waals surface area (Å²) < 4.78 is 17.6. The summed E-state index contributed by atoms with van der Waals surface area (Å²) in [5, 5.41) is 5.26. The van der Waals surface area contributed by atoms with E-state index in [2.05, 4.69) is 20.4 Å². The van der Waals surface area contributed by atoms with Crippen molar-refractivity contribution in [2.75, 3.05) is 17.7 Å². The number of rotatable bonds is 5. The highest BCUT2D eigenvalue weighted by Gasteiger charge is 2.13. The van der Waals surface area contributed by atoms with Crippen molar-refractivity contribution in [1.29, 1.82) is 0 Å². The predicted octanol–water partition coefficient (Wildman–Crippen LogP) is 3.51. The van der Waals surface area contributed by atoms with E-state index in [1.165, 1.54) is 62.0 Å². The van der Waals surface area contributed by atoms with E-state index in [1.54, 1.807) is 12.1 Å². The van der Waals surface area contributed by atoms with Crippen molar-refractivity contribution in [1.82, 2.24) is 4.98 Å². The summed E-state index contributed by atoms with van der Waals surface area (Å²) >= 11 is 0. The van der Waals surface area contributed by atoms with Gasteiger partial charge in [-0.25, -0.2) is 9.18 Å². The lowest BCUT2D eigenvalue weighted by molar-refractivity contribution is 0.0600. The van der Waals surface area contributed by atoms with Gasteiger partial charge in [0.2, 0.25) is 0 Å². The second-order valence-corrected chi connectivity index (χ2v) is 5.95. The van der Waals surface area contributed by atoms with E-state index >= 15 is 0 Å². The number of carbonyl (C=O) groups is 3. The first-order valence-electron chi connectivity index (χ1n) is 8.48. The molecule has 7 nitrogen and oxygen atoms in total. The Morgan fingerprint density at radius 2 is 1.28 bits per heavy atom. The fourth-order valence-corrected chi connectivity index (χ4v) is 2.44. The summed E-state index contributed by atoms with van der Waals surface area (Å²) in [6.07, 6.45) is 2.65. The van der Waals surface area contributed by atoms with Crippen LogP contribution in [0.1, 0.15) is 31.1 Å². The zero-order valence-electron chi connectivity index (χ0n) is 15.3. The highest BCUT2D eigenvalue weighted by Crippen LogP contribution is 2.14. The molecule has 1 heterocycles. The van der Waals surface area contributed by atoms with Crippen molar-refractivity contribution < 1.29 is 23.5 Å². The maximum Gasteiger partial charge on any atom is 0.337 e. The minimum Gasteiger partial charge on any atom is -0.465 e. The summed E-state index contributed by atoms with van der Waals surface area (Å²) in [7, 11) is 1.28. The lowest BCUT2D eigenvalue weighted by Crippen LogP contribution is -2.16. The molecule has 146 valence electrons. The van der Waals surface area contributed by atoms with Crippen LogP contribution in [0.3, 0.4) is 0 Å². The molecule has 1 aromatic heterocycles.